The summed E-state index contributed by atoms with van der Waals surface area (Å²) in [5.41, 5.74) is 0.368. The SMILES string of the molecule is COc1ccc(O)c(NC(=O)CNCC2CC2)c1. The van der Waals surface area contributed by atoms with Gasteiger partial charge in [0.15, 0.2) is 0 Å². The zero-order valence-electron chi connectivity index (χ0n) is 10.4. The Morgan fingerprint density at radius 1 is 1.50 bits per heavy atom. The van der Waals surface area contributed by atoms with Crippen molar-refractivity contribution in [2.75, 3.05) is 25.5 Å². The van der Waals surface area contributed by atoms with Crippen LogP contribution in [0.15, 0.2) is 18.2 Å². The van der Waals surface area contributed by atoms with Crippen molar-refractivity contribution in [3.8, 4) is 11.5 Å². The quantitative estimate of drug-likeness (QED) is 0.666. The number of amides is 1. The Bertz CT molecular complexity index is 430. The molecule has 0 heterocycles. The van der Waals surface area contributed by atoms with Crippen LogP contribution in [0.4, 0.5) is 5.69 Å². The van der Waals surface area contributed by atoms with Crippen LogP contribution in [-0.4, -0.2) is 31.2 Å². The number of hydrogen-bond acceptors (Lipinski definition) is 4. The number of phenolic OH excluding ortho intramolecular Hbond substituents is 1. The van der Waals surface area contributed by atoms with Gasteiger partial charge in [0.25, 0.3) is 0 Å². The van der Waals surface area contributed by atoms with Crippen LogP contribution in [0.1, 0.15) is 12.8 Å². The molecule has 1 aromatic carbocycles. The number of carbonyl (C=O) groups is 1. The summed E-state index contributed by atoms with van der Waals surface area (Å²) in [6, 6.07) is 4.72. The molecule has 1 fully saturated rings. The number of hydrogen-bond donors (Lipinski definition) is 3. The lowest BCUT2D eigenvalue weighted by atomic mass is 10.2. The van der Waals surface area contributed by atoms with E-state index in [1.165, 1.54) is 26.0 Å². The van der Waals surface area contributed by atoms with Crippen molar-refractivity contribution < 1.29 is 14.6 Å². The molecule has 1 amide bonds. The summed E-state index contributed by atoms with van der Waals surface area (Å²) >= 11 is 0. The highest BCUT2D eigenvalue weighted by atomic mass is 16.5. The first-order valence-corrected chi connectivity index (χ1v) is 6.06. The van der Waals surface area contributed by atoms with E-state index < -0.39 is 0 Å². The Morgan fingerprint density at radius 3 is 2.94 bits per heavy atom. The molecule has 0 saturated heterocycles. The van der Waals surface area contributed by atoms with Gasteiger partial charge in [0.1, 0.15) is 11.5 Å². The number of benzene rings is 1. The molecule has 3 N–H and O–H groups in total. The molecule has 0 bridgehead atoms. The maximum absolute atomic E-state index is 11.6. The van der Waals surface area contributed by atoms with Gasteiger partial charge in [-0.2, -0.15) is 0 Å². The lowest BCUT2D eigenvalue weighted by molar-refractivity contribution is -0.115. The first-order chi connectivity index (χ1) is 8.69. The van der Waals surface area contributed by atoms with Crippen LogP contribution >= 0.6 is 0 Å². The number of methoxy groups -OCH3 is 1. The molecule has 18 heavy (non-hydrogen) atoms. The van der Waals surface area contributed by atoms with E-state index in [9.17, 15) is 9.90 Å². The maximum atomic E-state index is 11.6. The van der Waals surface area contributed by atoms with Gasteiger partial charge in [-0.1, -0.05) is 0 Å². The van der Waals surface area contributed by atoms with E-state index in [-0.39, 0.29) is 18.2 Å². The van der Waals surface area contributed by atoms with Crippen molar-refractivity contribution in [1.82, 2.24) is 5.32 Å². The van der Waals surface area contributed by atoms with Gasteiger partial charge in [-0.05, 0) is 37.4 Å². The number of carbonyl (C=O) groups excluding carboxylic acids is 1. The van der Waals surface area contributed by atoms with Crippen LogP contribution in [0, 0.1) is 5.92 Å². The van der Waals surface area contributed by atoms with Gasteiger partial charge >= 0.3 is 0 Å². The lowest BCUT2D eigenvalue weighted by Crippen LogP contribution is -2.29. The van der Waals surface area contributed by atoms with Crippen molar-refractivity contribution in [2.45, 2.75) is 12.8 Å². The normalized spacial score (nSPS) is 14.3. The highest BCUT2D eigenvalue weighted by Gasteiger charge is 2.20. The standard InChI is InChI=1S/C13H18N2O3/c1-18-10-4-5-12(16)11(6-10)15-13(17)8-14-7-9-2-3-9/h4-6,9,14,16H,2-3,7-8H2,1H3,(H,15,17). The van der Waals surface area contributed by atoms with E-state index in [2.05, 4.69) is 10.6 Å². The molecule has 0 atom stereocenters. The predicted octanol–water partition coefficient (Wildman–Crippen LogP) is 1.34. The maximum Gasteiger partial charge on any atom is 0.238 e. The second kappa shape index (κ2) is 5.73. The van der Waals surface area contributed by atoms with E-state index in [0.29, 0.717) is 11.4 Å². The van der Waals surface area contributed by atoms with Crippen molar-refractivity contribution in [2.24, 2.45) is 5.92 Å². The number of aromatic hydroxyl groups is 1. The van der Waals surface area contributed by atoms with Crippen LogP contribution in [0.2, 0.25) is 0 Å². The second-order valence-corrected chi connectivity index (χ2v) is 4.51. The minimum absolute atomic E-state index is 0.0337. The molecule has 98 valence electrons. The molecule has 5 nitrogen and oxygen atoms in total. The predicted molar refractivity (Wildman–Crippen MR) is 68.9 cm³/mol. The molecule has 0 unspecified atom stereocenters. The first-order valence-electron chi connectivity index (χ1n) is 6.06. The van der Waals surface area contributed by atoms with Gasteiger partial charge in [0.05, 0.1) is 19.3 Å². The van der Waals surface area contributed by atoms with Gasteiger partial charge in [0.2, 0.25) is 5.91 Å². The minimum atomic E-state index is -0.167. The highest BCUT2D eigenvalue weighted by molar-refractivity contribution is 5.93. The van der Waals surface area contributed by atoms with E-state index >= 15 is 0 Å². The van der Waals surface area contributed by atoms with Crippen molar-refractivity contribution in [3.05, 3.63) is 18.2 Å². The Labute approximate surface area is 106 Å². The lowest BCUT2D eigenvalue weighted by Gasteiger charge is -2.09. The molecule has 5 heteroatoms. The average molecular weight is 250 g/mol. The molecular formula is C13H18N2O3. The number of rotatable bonds is 6. The molecule has 1 saturated carbocycles. The zero-order valence-corrected chi connectivity index (χ0v) is 10.4. The molecule has 0 radical (unpaired) electrons. The van der Waals surface area contributed by atoms with E-state index in [1.54, 1.807) is 12.1 Å². The fraction of sp³-hybridized carbons (Fsp3) is 0.462. The average Bonchev–Trinajstić information content (AvgIpc) is 3.16. The molecule has 0 spiro atoms. The van der Waals surface area contributed by atoms with Crippen molar-refractivity contribution in [1.29, 1.82) is 0 Å². The Balaban J connectivity index is 1.84. The number of ether oxygens (including phenoxy) is 1. The molecule has 1 aliphatic rings. The summed E-state index contributed by atoms with van der Waals surface area (Å²) in [5, 5.41) is 15.4. The third kappa shape index (κ3) is 3.63. The summed E-state index contributed by atoms with van der Waals surface area (Å²) in [7, 11) is 1.54. The van der Waals surface area contributed by atoms with Gasteiger partial charge < -0.3 is 20.5 Å². The van der Waals surface area contributed by atoms with Gasteiger partial charge in [-0.3, -0.25) is 4.79 Å². The van der Waals surface area contributed by atoms with Crippen LogP contribution in [0.5, 0.6) is 11.5 Å². The fourth-order valence-electron chi connectivity index (χ4n) is 1.65. The highest BCUT2D eigenvalue weighted by Crippen LogP contribution is 2.28. The van der Waals surface area contributed by atoms with Crippen molar-refractivity contribution in [3.63, 3.8) is 0 Å². The topological polar surface area (TPSA) is 70.6 Å². The minimum Gasteiger partial charge on any atom is -0.506 e. The monoisotopic (exact) mass is 250 g/mol. The third-order valence-electron chi connectivity index (χ3n) is 2.89. The molecule has 2 rings (SSSR count). The Kier molecular flexibility index (Phi) is 4.04. The van der Waals surface area contributed by atoms with Gasteiger partial charge in [-0.25, -0.2) is 0 Å². The smallest absolute Gasteiger partial charge is 0.238 e. The van der Waals surface area contributed by atoms with Gasteiger partial charge in [-0.15, -0.1) is 0 Å². The van der Waals surface area contributed by atoms with Gasteiger partial charge in [0, 0.05) is 6.07 Å². The first kappa shape index (κ1) is 12.7. The van der Waals surface area contributed by atoms with E-state index in [4.69, 9.17) is 4.74 Å². The molecule has 1 aromatic rings. The number of anilines is 1. The Hall–Kier alpha value is -1.75. The molecule has 0 aliphatic heterocycles. The van der Waals surface area contributed by atoms with Crippen LogP contribution in [-0.2, 0) is 4.79 Å². The zero-order chi connectivity index (χ0) is 13.0. The third-order valence-corrected chi connectivity index (χ3v) is 2.89. The van der Waals surface area contributed by atoms with Crippen LogP contribution in [0.25, 0.3) is 0 Å². The molecule has 1 aliphatic carbocycles. The van der Waals surface area contributed by atoms with Crippen LogP contribution in [0.3, 0.4) is 0 Å². The summed E-state index contributed by atoms with van der Waals surface area (Å²) < 4.78 is 5.03. The summed E-state index contributed by atoms with van der Waals surface area (Å²) in [4.78, 5) is 11.6. The second-order valence-electron chi connectivity index (χ2n) is 4.51. The van der Waals surface area contributed by atoms with Crippen LogP contribution < -0.4 is 15.4 Å². The summed E-state index contributed by atoms with van der Waals surface area (Å²) in [5.74, 6) is 1.20. The number of nitrogens with one attached hydrogen (secondary N) is 2. The van der Waals surface area contributed by atoms with E-state index in [1.807, 2.05) is 0 Å². The van der Waals surface area contributed by atoms with Crippen molar-refractivity contribution >= 4 is 11.6 Å². The molecule has 0 aromatic heterocycles. The fourth-order valence-corrected chi connectivity index (χ4v) is 1.65. The van der Waals surface area contributed by atoms with E-state index in [0.717, 1.165) is 12.5 Å². The summed E-state index contributed by atoms with van der Waals surface area (Å²) in [6.07, 6.45) is 2.51. The molecular weight excluding hydrogens is 232 g/mol. The number of phenols is 1. The largest absolute Gasteiger partial charge is 0.506 e. The summed E-state index contributed by atoms with van der Waals surface area (Å²) in [6.45, 7) is 1.14. The Morgan fingerprint density at radius 2 is 2.28 bits per heavy atom.